The minimum atomic E-state index is -1.12. The van der Waals surface area contributed by atoms with Gasteiger partial charge in [0.05, 0.1) is 5.56 Å². The normalized spacial score (nSPS) is 14.7. The summed E-state index contributed by atoms with van der Waals surface area (Å²) in [4.78, 5) is 47.8. The number of carbonyl (C=O) groups excluding carboxylic acids is 4. The van der Waals surface area contributed by atoms with Crippen LogP contribution in [0.1, 0.15) is 62.4 Å². The van der Waals surface area contributed by atoms with Crippen LogP contribution in [0.15, 0.2) is 24.3 Å². The molecule has 0 heterocycles. The van der Waals surface area contributed by atoms with Crippen molar-refractivity contribution in [2.75, 3.05) is 0 Å². The van der Waals surface area contributed by atoms with Crippen molar-refractivity contribution in [1.29, 1.82) is 0 Å². The Hall–Kier alpha value is -3.10. The van der Waals surface area contributed by atoms with Crippen molar-refractivity contribution in [1.82, 2.24) is 21.3 Å². The van der Waals surface area contributed by atoms with Crippen LogP contribution in [0, 0.1) is 0 Å². The quantitative estimate of drug-likeness (QED) is 0.505. The van der Waals surface area contributed by atoms with Gasteiger partial charge in [-0.2, -0.15) is 0 Å². The van der Waals surface area contributed by atoms with Crippen LogP contribution in [0.25, 0.3) is 0 Å². The third kappa shape index (κ3) is 7.73. The number of esters is 1. The molecule has 1 aliphatic rings. The molecule has 5 amide bonds. The number of benzene rings is 1. The minimum Gasteiger partial charge on any atom is -0.449 e. The summed E-state index contributed by atoms with van der Waals surface area (Å²) in [6, 6.07) is 5.75. The van der Waals surface area contributed by atoms with Gasteiger partial charge in [-0.05, 0) is 51.3 Å². The fourth-order valence-electron chi connectivity index (χ4n) is 3.04. The van der Waals surface area contributed by atoms with Gasteiger partial charge in [0.15, 0.2) is 6.10 Å². The van der Waals surface area contributed by atoms with Gasteiger partial charge >= 0.3 is 18.0 Å². The van der Waals surface area contributed by atoms with E-state index in [1.807, 2.05) is 13.8 Å². The second-order valence-corrected chi connectivity index (χ2v) is 7.67. The summed E-state index contributed by atoms with van der Waals surface area (Å²) in [5.41, 5.74) is 1.07. The maximum Gasteiger partial charge on any atom is 0.338 e. The molecule has 164 valence electrons. The molecule has 0 bridgehead atoms. The number of hydrogen-bond acceptors (Lipinski definition) is 5. The van der Waals surface area contributed by atoms with Gasteiger partial charge in [0.2, 0.25) is 0 Å². The highest BCUT2D eigenvalue weighted by atomic mass is 16.5. The predicted molar refractivity (Wildman–Crippen MR) is 111 cm³/mol. The molecule has 2 rings (SSSR count). The standard InChI is InChI=1S/C21H30N4O5/c1-13(2)23-20(28)22-12-15-8-10-16(11-9-15)19(27)30-14(3)18(26)25-21(29)24-17-6-4-5-7-17/h8-11,13-14,17H,4-7,12H2,1-3H3,(H2,22,23,28)(H2,24,25,26,29)/t14-/m1/s1. The van der Waals surface area contributed by atoms with Crippen LogP contribution >= 0.6 is 0 Å². The molecule has 1 aromatic carbocycles. The first-order chi connectivity index (χ1) is 14.2. The number of rotatable bonds is 7. The second kappa shape index (κ2) is 11.2. The molecule has 0 radical (unpaired) electrons. The SMILES string of the molecule is CC(C)NC(=O)NCc1ccc(C(=O)O[C@H](C)C(=O)NC(=O)NC2CCCC2)cc1. The summed E-state index contributed by atoms with van der Waals surface area (Å²) < 4.78 is 5.14. The predicted octanol–water partition coefficient (Wildman–Crippen LogP) is 2.21. The maximum atomic E-state index is 12.2. The van der Waals surface area contributed by atoms with Gasteiger partial charge in [0.1, 0.15) is 0 Å². The van der Waals surface area contributed by atoms with Crippen molar-refractivity contribution in [2.24, 2.45) is 0 Å². The van der Waals surface area contributed by atoms with E-state index in [-0.39, 0.29) is 23.7 Å². The Kier molecular flexibility index (Phi) is 8.64. The van der Waals surface area contributed by atoms with E-state index in [1.54, 1.807) is 24.3 Å². The lowest BCUT2D eigenvalue weighted by Crippen LogP contribution is -2.47. The van der Waals surface area contributed by atoms with E-state index in [9.17, 15) is 19.2 Å². The maximum absolute atomic E-state index is 12.2. The molecule has 1 aliphatic carbocycles. The number of hydrogen-bond donors (Lipinski definition) is 4. The molecule has 0 saturated heterocycles. The van der Waals surface area contributed by atoms with Crippen molar-refractivity contribution in [3.8, 4) is 0 Å². The molecule has 4 N–H and O–H groups in total. The zero-order valence-corrected chi connectivity index (χ0v) is 17.6. The van der Waals surface area contributed by atoms with E-state index in [2.05, 4.69) is 21.3 Å². The van der Waals surface area contributed by atoms with Crippen LogP contribution in [0.5, 0.6) is 0 Å². The monoisotopic (exact) mass is 418 g/mol. The number of imide groups is 1. The highest BCUT2D eigenvalue weighted by molar-refractivity contribution is 5.98. The zero-order chi connectivity index (χ0) is 22.1. The van der Waals surface area contributed by atoms with Crippen LogP contribution in [-0.2, 0) is 16.1 Å². The van der Waals surface area contributed by atoms with Crippen LogP contribution in [0.3, 0.4) is 0 Å². The van der Waals surface area contributed by atoms with E-state index in [4.69, 9.17) is 4.74 Å². The fraction of sp³-hybridized carbons (Fsp3) is 0.524. The zero-order valence-electron chi connectivity index (χ0n) is 17.6. The Morgan fingerprint density at radius 3 is 2.23 bits per heavy atom. The summed E-state index contributed by atoms with van der Waals surface area (Å²) in [6.07, 6.45) is 2.81. The summed E-state index contributed by atoms with van der Waals surface area (Å²) in [5, 5.41) is 10.4. The Morgan fingerprint density at radius 1 is 1.00 bits per heavy atom. The molecule has 1 saturated carbocycles. The van der Waals surface area contributed by atoms with Crippen LogP contribution in [0.2, 0.25) is 0 Å². The van der Waals surface area contributed by atoms with Crippen molar-refractivity contribution < 1.29 is 23.9 Å². The molecule has 0 unspecified atom stereocenters. The lowest BCUT2D eigenvalue weighted by molar-refractivity contribution is -0.127. The molecule has 30 heavy (non-hydrogen) atoms. The molecule has 9 heteroatoms. The van der Waals surface area contributed by atoms with Gasteiger partial charge in [-0.3, -0.25) is 10.1 Å². The van der Waals surface area contributed by atoms with E-state index in [1.165, 1.54) is 6.92 Å². The number of nitrogens with one attached hydrogen (secondary N) is 4. The first-order valence-electron chi connectivity index (χ1n) is 10.2. The molecule has 0 spiro atoms. The van der Waals surface area contributed by atoms with Gasteiger partial charge < -0.3 is 20.7 Å². The molecular weight excluding hydrogens is 388 g/mol. The van der Waals surface area contributed by atoms with Crippen molar-refractivity contribution >= 4 is 23.9 Å². The first kappa shape index (κ1) is 23.2. The fourth-order valence-corrected chi connectivity index (χ4v) is 3.04. The molecule has 1 aromatic rings. The van der Waals surface area contributed by atoms with Crippen LogP contribution < -0.4 is 21.3 Å². The minimum absolute atomic E-state index is 0.0371. The smallest absolute Gasteiger partial charge is 0.338 e. The second-order valence-electron chi connectivity index (χ2n) is 7.67. The highest BCUT2D eigenvalue weighted by Crippen LogP contribution is 2.17. The molecule has 0 aliphatic heterocycles. The number of ether oxygens (including phenoxy) is 1. The van der Waals surface area contributed by atoms with Gasteiger partial charge in [-0.25, -0.2) is 14.4 Å². The average Bonchev–Trinajstić information content (AvgIpc) is 3.18. The highest BCUT2D eigenvalue weighted by Gasteiger charge is 2.23. The van der Waals surface area contributed by atoms with Crippen molar-refractivity contribution in [3.05, 3.63) is 35.4 Å². The summed E-state index contributed by atoms with van der Waals surface area (Å²) in [7, 11) is 0. The van der Waals surface area contributed by atoms with Crippen molar-refractivity contribution in [2.45, 2.75) is 71.2 Å². The Labute approximate surface area is 176 Å². The Bertz CT molecular complexity index is 757. The summed E-state index contributed by atoms with van der Waals surface area (Å²) in [6.45, 7) is 5.44. The van der Waals surface area contributed by atoms with Crippen molar-refractivity contribution in [3.63, 3.8) is 0 Å². The third-order valence-corrected chi connectivity index (χ3v) is 4.64. The van der Waals surface area contributed by atoms with E-state index in [0.717, 1.165) is 31.2 Å². The van der Waals surface area contributed by atoms with Gasteiger partial charge in [-0.15, -0.1) is 0 Å². The number of urea groups is 2. The topological polar surface area (TPSA) is 126 Å². The lowest BCUT2D eigenvalue weighted by Gasteiger charge is -2.15. The van der Waals surface area contributed by atoms with E-state index < -0.39 is 24.0 Å². The van der Waals surface area contributed by atoms with Gasteiger partial charge in [0.25, 0.3) is 5.91 Å². The van der Waals surface area contributed by atoms with Crippen LogP contribution in [0.4, 0.5) is 9.59 Å². The molecule has 1 fully saturated rings. The van der Waals surface area contributed by atoms with Gasteiger partial charge in [0, 0.05) is 18.6 Å². The number of carbonyl (C=O) groups is 4. The lowest BCUT2D eigenvalue weighted by atomic mass is 10.1. The van der Waals surface area contributed by atoms with E-state index >= 15 is 0 Å². The third-order valence-electron chi connectivity index (χ3n) is 4.64. The van der Waals surface area contributed by atoms with Gasteiger partial charge in [-0.1, -0.05) is 25.0 Å². The summed E-state index contributed by atoms with van der Waals surface area (Å²) >= 11 is 0. The molecule has 9 nitrogen and oxygen atoms in total. The average molecular weight is 418 g/mol. The number of amides is 5. The molecule has 1 atom stereocenters. The van der Waals surface area contributed by atoms with E-state index in [0.29, 0.717) is 6.54 Å². The Balaban J connectivity index is 1.77. The Morgan fingerprint density at radius 2 is 1.63 bits per heavy atom. The largest absolute Gasteiger partial charge is 0.449 e. The molecular formula is C21H30N4O5. The summed E-state index contributed by atoms with van der Waals surface area (Å²) in [5.74, 6) is -1.36. The van der Waals surface area contributed by atoms with Crippen LogP contribution in [-0.4, -0.2) is 42.1 Å². The molecule has 0 aromatic heterocycles. The first-order valence-corrected chi connectivity index (χ1v) is 10.2.